The lowest BCUT2D eigenvalue weighted by molar-refractivity contribution is 0.764. The molecule has 0 saturated carbocycles. The lowest BCUT2D eigenvalue weighted by atomic mass is 10.5. The fourth-order valence-electron chi connectivity index (χ4n) is 0.269. The van der Waals surface area contributed by atoms with Crippen LogP contribution < -0.4 is 10.9 Å². The third-order valence-corrected chi connectivity index (χ3v) is 0.502. The molecule has 0 bridgehead atoms. The molecule has 0 aromatic carbocycles. The van der Waals surface area contributed by atoms with Gasteiger partial charge in [-0.15, -0.1) is 0 Å². The molecule has 0 unspecified atom stereocenters. The number of nitrogens with one attached hydrogen (secondary N) is 2. The van der Waals surface area contributed by atoms with Crippen molar-refractivity contribution in [1.29, 1.82) is 0 Å². The number of hydrogen-bond donors (Lipinski definition) is 2. The Bertz CT molecular complexity index is 71.5. The first kappa shape index (κ1) is 3.28. The van der Waals surface area contributed by atoms with Crippen LogP contribution in [0, 0.1) is 6.08 Å². The van der Waals surface area contributed by atoms with E-state index < -0.39 is 0 Å². The highest BCUT2D eigenvalue weighted by atomic mass is 15.3. The topological polar surface area (TPSA) is 24.1 Å². The third kappa shape index (κ3) is 0.516. The number of hydrogen-bond acceptors (Lipinski definition) is 2. The van der Waals surface area contributed by atoms with Gasteiger partial charge in [0.05, 0.1) is 0 Å². The zero-order chi connectivity index (χ0) is 4.24. The second-order valence-electron chi connectivity index (χ2n) is 0.933. The van der Waals surface area contributed by atoms with E-state index in [2.05, 4.69) is 16.9 Å². The van der Waals surface area contributed by atoms with Gasteiger partial charge in [-0.05, 0) is 6.08 Å². The summed E-state index contributed by atoms with van der Waals surface area (Å²) in [5.74, 6) is 0. The molecule has 0 saturated heterocycles. The van der Waals surface area contributed by atoms with Gasteiger partial charge in [0.25, 0.3) is 0 Å². The third-order valence-electron chi connectivity index (χ3n) is 0.502. The molecular formula is C4H5N2. The highest BCUT2D eigenvalue weighted by Gasteiger charge is 1.71. The predicted octanol–water partition coefficient (Wildman–Crippen LogP) is -0.0752. The molecule has 0 aliphatic carbocycles. The first-order valence-electron chi connectivity index (χ1n) is 1.74. The van der Waals surface area contributed by atoms with Gasteiger partial charge in [-0.3, -0.25) is 0 Å². The molecule has 6 heavy (non-hydrogen) atoms. The molecule has 1 aliphatic heterocycles. The summed E-state index contributed by atoms with van der Waals surface area (Å²) in [4.78, 5) is 0. The molecule has 1 radical (unpaired) electrons. The van der Waals surface area contributed by atoms with Gasteiger partial charge in [0, 0.05) is 18.5 Å². The van der Waals surface area contributed by atoms with Crippen molar-refractivity contribution in [2.24, 2.45) is 0 Å². The minimum Gasteiger partial charge on any atom is -0.309 e. The number of hydrazine groups is 1. The average Bonchev–Trinajstić information content (AvgIpc) is 1.72. The van der Waals surface area contributed by atoms with Crippen LogP contribution in [0.15, 0.2) is 18.5 Å². The van der Waals surface area contributed by atoms with Crippen molar-refractivity contribution in [3.8, 4) is 0 Å². The molecule has 0 amide bonds. The van der Waals surface area contributed by atoms with Gasteiger partial charge < -0.3 is 10.9 Å². The molecule has 2 N–H and O–H groups in total. The highest BCUT2D eigenvalue weighted by molar-refractivity contribution is 4.96. The SMILES string of the molecule is [C]1=CNNC=C1. The van der Waals surface area contributed by atoms with Crippen LogP contribution >= 0.6 is 0 Å². The van der Waals surface area contributed by atoms with E-state index in [4.69, 9.17) is 0 Å². The Kier molecular flexibility index (Phi) is 0.819. The van der Waals surface area contributed by atoms with Crippen LogP contribution in [0.4, 0.5) is 0 Å². The lowest BCUT2D eigenvalue weighted by Crippen LogP contribution is -2.21. The summed E-state index contributed by atoms with van der Waals surface area (Å²) in [7, 11) is 0. The van der Waals surface area contributed by atoms with Crippen molar-refractivity contribution in [3.05, 3.63) is 24.6 Å². The van der Waals surface area contributed by atoms with Crippen LogP contribution in [0.25, 0.3) is 0 Å². The molecule has 2 heteroatoms. The first-order chi connectivity index (χ1) is 3.00. The van der Waals surface area contributed by atoms with Gasteiger partial charge in [0.1, 0.15) is 0 Å². The van der Waals surface area contributed by atoms with Crippen LogP contribution in [-0.4, -0.2) is 0 Å². The van der Waals surface area contributed by atoms with Gasteiger partial charge >= 0.3 is 0 Å². The summed E-state index contributed by atoms with van der Waals surface area (Å²) in [5, 5.41) is 0. The molecule has 2 nitrogen and oxygen atoms in total. The van der Waals surface area contributed by atoms with Crippen molar-refractivity contribution in [1.82, 2.24) is 10.9 Å². The second-order valence-corrected chi connectivity index (χ2v) is 0.933. The predicted molar refractivity (Wildman–Crippen MR) is 23.2 cm³/mol. The van der Waals surface area contributed by atoms with E-state index in [1.807, 2.05) is 0 Å². The Morgan fingerprint density at radius 1 is 1.33 bits per heavy atom. The van der Waals surface area contributed by atoms with Gasteiger partial charge in [-0.1, -0.05) is 0 Å². The van der Waals surface area contributed by atoms with Crippen molar-refractivity contribution in [2.75, 3.05) is 0 Å². The molecule has 0 spiro atoms. The quantitative estimate of drug-likeness (QED) is 0.426. The van der Waals surface area contributed by atoms with E-state index in [1.165, 1.54) is 0 Å². The van der Waals surface area contributed by atoms with E-state index in [0.717, 1.165) is 0 Å². The first-order valence-corrected chi connectivity index (χ1v) is 1.74. The van der Waals surface area contributed by atoms with E-state index in [-0.39, 0.29) is 0 Å². The summed E-state index contributed by atoms with van der Waals surface area (Å²) in [6.07, 6.45) is 8.05. The fourth-order valence-corrected chi connectivity index (χ4v) is 0.269. The molecule has 1 heterocycles. The van der Waals surface area contributed by atoms with Gasteiger partial charge in [0.15, 0.2) is 0 Å². The smallest absolute Gasteiger partial charge is 0.0257 e. The normalized spacial score (nSPS) is 16.0. The monoisotopic (exact) mass is 81.0 g/mol. The van der Waals surface area contributed by atoms with E-state index in [0.29, 0.717) is 0 Å². The van der Waals surface area contributed by atoms with Crippen LogP contribution in [0.5, 0.6) is 0 Å². The second kappa shape index (κ2) is 1.50. The minimum atomic E-state index is 1.69. The van der Waals surface area contributed by atoms with Crippen molar-refractivity contribution in [2.45, 2.75) is 0 Å². The molecule has 0 atom stereocenters. The Balaban J connectivity index is 2.46. The number of allylic oxidation sites excluding steroid dienone is 2. The van der Waals surface area contributed by atoms with Gasteiger partial charge in [-0.25, -0.2) is 0 Å². The minimum absolute atomic E-state index is 1.69. The molecular weight excluding hydrogens is 76.1 g/mol. The lowest BCUT2D eigenvalue weighted by Gasteiger charge is -1.98. The average molecular weight is 81.1 g/mol. The van der Waals surface area contributed by atoms with Crippen LogP contribution in [0.3, 0.4) is 0 Å². The zero-order valence-electron chi connectivity index (χ0n) is 3.23. The summed E-state index contributed by atoms with van der Waals surface area (Å²) in [6, 6.07) is 0. The number of rotatable bonds is 0. The molecule has 0 aromatic rings. The van der Waals surface area contributed by atoms with E-state index in [1.54, 1.807) is 18.5 Å². The Hall–Kier alpha value is -0.920. The maximum Gasteiger partial charge on any atom is 0.0257 e. The molecule has 1 rings (SSSR count). The largest absolute Gasteiger partial charge is 0.309 e. The van der Waals surface area contributed by atoms with E-state index >= 15 is 0 Å². The molecule has 0 aromatic heterocycles. The Morgan fingerprint density at radius 3 is 2.50 bits per heavy atom. The molecule has 0 fully saturated rings. The highest BCUT2D eigenvalue weighted by Crippen LogP contribution is 1.71. The summed E-state index contributed by atoms with van der Waals surface area (Å²) in [5.41, 5.74) is 5.45. The van der Waals surface area contributed by atoms with E-state index in [9.17, 15) is 0 Å². The maximum atomic E-state index is 2.81. The Morgan fingerprint density at radius 2 is 2.33 bits per heavy atom. The summed E-state index contributed by atoms with van der Waals surface area (Å²) in [6.45, 7) is 0. The van der Waals surface area contributed by atoms with Gasteiger partial charge in [0.2, 0.25) is 0 Å². The van der Waals surface area contributed by atoms with Gasteiger partial charge in [-0.2, -0.15) is 0 Å². The van der Waals surface area contributed by atoms with Crippen molar-refractivity contribution < 1.29 is 0 Å². The standard InChI is InChI=1S/C4H5N2/c1-2-4-6-5-3-1/h1,3-6H. The van der Waals surface area contributed by atoms with Crippen LogP contribution in [0.2, 0.25) is 0 Å². The Labute approximate surface area is 36.5 Å². The van der Waals surface area contributed by atoms with Crippen LogP contribution in [0.1, 0.15) is 0 Å². The van der Waals surface area contributed by atoms with Crippen molar-refractivity contribution >= 4 is 0 Å². The van der Waals surface area contributed by atoms with Crippen LogP contribution in [-0.2, 0) is 0 Å². The molecule has 31 valence electrons. The summed E-state index contributed by atoms with van der Waals surface area (Å²) >= 11 is 0. The molecule has 1 aliphatic rings. The fraction of sp³-hybridized carbons (Fsp3) is 0. The zero-order valence-corrected chi connectivity index (χ0v) is 3.23. The maximum absolute atomic E-state index is 2.81. The summed E-state index contributed by atoms with van der Waals surface area (Å²) < 4.78 is 0. The van der Waals surface area contributed by atoms with Crippen molar-refractivity contribution in [3.63, 3.8) is 0 Å².